The van der Waals surface area contributed by atoms with Crippen LogP contribution in [0, 0.1) is 19.7 Å². The highest BCUT2D eigenvalue weighted by atomic mass is 19.1. The maximum Gasteiger partial charge on any atom is 0.157 e. The van der Waals surface area contributed by atoms with Gasteiger partial charge in [-0.15, -0.1) is 0 Å². The Morgan fingerprint density at radius 1 is 0.331 bits per heavy atom. The molecule has 130 heavy (non-hydrogen) atoms. The van der Waals surface area contributed by atoms with E-state index < -0.39 is 40.2 Å². The van der Waals surface area contributed by atoms with Crippen LogP contribution in [0.3, 0.4) is 0 Å². The maximum atomic E-state index is 13.2. The summed E-state index contributed by atoms with van der Waals surface area (Å²) in [5.74, 6) is 1.80. The van der Waals surface area contributed by atoms with Gasteiger partial charge < -0.3 is 32.2 Å². The van der Waals surface area contributed by atoms with E-state index in [1.807, 2.05) is 147 Å². The number of carbonyl (C=O) groups excluding carboxylic acids is 8. The third-order valence-electron chi connectivity index (χ3n) is 29.4. The summed E-state index contributed by atoms with van der Waals surface area (Å²) in [5, 5.41) is 12.4. The Labute approximate surface area is 778 Å². The average Bonchev–Trinajstić information content (AvgIpc) is 1.73. The van der Waals surface area contributed by atoms with E-state index in [-0.39, 0.29) is 40.0 Å². The van der Waals surface area contributed by atoms with Crippen molar-refractivity contribution in [2.45, 2.75) is 289 Å². The van der Waals surface area contributed by atoms with Crippen LogP contribution < -0.4 is 32.7 Å². The molecular formula is C112H147FN8O9. The number of methoxy groups -OCH3 is 1. The Balaban J connectivity index is 0.000000147. The lowest BCUT2D eigenvalue weighted by Gasteiger charge is -2.43. The summed E-state index contributed by atoms with van der Waals surface area (Å²) >= 11 is 0. The first kappa shape index (κ1) is 96.7. The molecule has 10 aliphatic rings. The molecule has 0 aromatic heterocycles. The van der Waals surface area contributed by atoms with Crippen LogP contribution in [-0.4, -0.2) is 124 Å². The van der Waals surface area contributed by atoms with Crippen molar-refractivity contribution in [3.63, 3.8) is 0 Å². The van der Waals surface area contributed by atoms with Gasteiger partial charge in [-0.3, -0.25) is 53.5 Å². The van der Waals surface area contributed by atoms with Gasteiger partial charge in [-0.1, -0.05) is 269 Å². The van der Waals surface area contributed by atoms with E-state index in [1.54, 1.807) is 20.2 Å². The van der Waals surface area contributed by atoms with E-state index >= 15 is 0 Å². The number of nitrogens with one attached hydrogen (secondary N) is 4. The predicted molar refractivity (Wildman–Crippen MR) is 519 cm³/mol. The molecule has 8 aromatic carbocycles. The molecule has 2 saturated heterocycles. The minimum Gasteiger partial charge on any atom is -0.383 e. The van der Waals surface area contributed by atoms with Crippen molar-refractivity contribution in [2.75, 3.05) is 67.5 Å². The molecular weight excluding hydrogens is 1620 g/mol. The first-order chi connectivity index (χ1) is 64.2. The lowest BCUT2D eigenvalue weighted by Crippen LogP contribution is -2.52. The highest BCUT2D eigenvalue weighted by Gasteiger charge is 2.50. The molecule has 0 bridgehead atoms. The van der Waals surface area contributed by atoms with E-state index in [4.69, 9.17) is 20.3 Å². The van der Waals surface area contributed by atoms with E-state index in [0.29, 0.717) is 81.2 Å². The Bertz CT molecular complexity index is 4980. The Hall–Kier alpha value is -9.31. The smallest absolute Gasteiger partial charge is 0.157 e. The summed E-state index contributed by atoms with van der Waals surface area (Å²) in [5.41, 5.74) is 18.3. The monoisotopic (exact) mass is 1770 g/mol. The number of halogens is 1. The molecule has 8 N–H and O–H groups in total. The normalized spacial score (nSPS) is 27.5. The van der Waals surface area contributed by atoms with Crippen molar-refractivity contribution in [2.24, 2.45) is 11.5 Å². The Morgan fingerprint density at radius 3 is 1.03 bits per heavy atom. The van der Waals surface area contributed by atoms with Crippen LogP contribution in [0.4, 0.5) is 4.39 Å². The summed E-state index contributed by atoms with van der Waals surface area (Å²) in [4.78, 5) is 103. The number of nitrogens with two attached hydrogens (primary N) is 2. The quantitative estimate of drug-likeness (QED) is 0.0464. The maximum absolute atomic E-state index is 13.2. The lowest BCUT2D eigenvalue weighted by atomic mass is 9.74. The zero-order valence-corrected chi connectivity index (χ0v) is 78.2. The molecule has 2 aliphatic heterocycles. The molecule has 0 spiro atoms. The van der Waals surface area contributed by atoms with Crippen LogP contribution >= 0.6 is 0 Å². The third kappa shape index (κ3) is 23.8. The number of ketones is 8. The first-order valence-electron chi connectivity index (χ1n) is 50.1. The number of likely N-dealkylation sites (N-methyl/N-ethyl adjacent to an activating group) is 3. The van der Waals surface area contributed by atoms with E-state index in [9.17, 15) is 42.7 Å². The van der Waals surface area contributed by atoms with Crippen molar-refractivity contribution < 1.29 is 51.6 Å². The molecule has 696 valence electrons. The second kappa shape index (κ2) is 48.9. The van der Waals surface area contributed by atoms with Gasteiger partial charge in [0.05, 0.1) is 6.61 Å². The van der Waals surface area contributed by atoms with Crippen molar-refractivity contribution in [3.8, 4) is 0 Å². The molecule has 10 fully saturated rings. The van der Waals surface area contributed by atoms with Crippen LogP contribution in [-0.2, 0) is 87.4 Å². The number of benzene rings is 8. The summed E-state index contributed by atoms with van der Waals surface area (Å²) in [6, 6.07) is 72.4. The standard InChI is InChI=1S/2C16H21NO.C15H21NO2.C14H19NO.C13H16FNO.2C13H17NO.C12H15NO/c2*18-15-10-4-5-11-16(15,17-12-6-7-13-17)14-8-2-1-3-9-14;1-18-12-11-16-15(10-6-5-9-14(15)17)13-7-3-2-4-8-13;1-11-6-8-12(9-7-11)14(15-2)10-4-3-5-13(14)16;1-15-13(8-3-2-7-12(13)16)10-5-4-6-11(14)9-10;1-10-6-2-3-7-11(10)13(14)9-5-4-8-12(13)15;1-14-13(10-6-5-9-12(13)15)11-7-3-2-4-8-11;13-12(9-5-4-8-11(12)14)10-6-2-1-3-7-10/h2*1-3,8-9H,4-7,10-13H2;2-4,7-8,16H,5-6,9-12H2,1H3;6-9,15H,3-5,10H2,1-2H3;4-6,9,15H,2-3,7-8H2,1H3;2-3,6-7H,4-5,8-9,14H2,1H3;2-4,7-8,14H,5-6,9-10H2,1H3;1-3,6-7H,4-5,8-9,13H2/t2*16-;15-;14-;3*13-;12-/m10000010/s1/i;;;;;;1D3;. The SMILES string of the molecule is CN[C@]1(c2ccc(C)cc2)CCCCC1=O.CN[C@]1(c2cccc(F)c2)CCCCC1=O.COCCN[C@]1(c2ccccc2)CCCCC1=O.Cc1ccccc1[C@@]1(N)CCCCC1=O.N[C@]1(c2ccccc2)CCCCC1=O.O=C1CCCC[C@@]1(c1ccccc1)N1CCCC1.O=C1CCCC[C@]1(c1ccccc1)N1CCCC1.[2H]C([2H])([2H])N[C@@]1(c2ccccc2)CCCCC1=O. The number of likely N-dealkylation sites (tertiary alicyclic amines) is 2. The van der Waals surface area contributed by atoms with Crippen molar-refractivity contribution >= 4 is 46.3 Å². The lowest BCUT2D eigenvalue weighted by molar-refractivity contribution is -0.135. The molecule has 2 heterocycles. The van der Waals surface area contributed by atoms with Gasteiger partial charge in [-0.2, -0.15) is 0 Å². The minimum absolute atomic E-state index is 0.0175. The molecule has 0 amide bonds. The van der Waals surface area contributed by atoms with Gasteiger partial charge in [0.1, 0.15) is 50.1 Å². The number of carbonyl (C=O) groups is 8. The van der Waals surface area contributed by atoms with Gasteiger partial charge in [0.25, 0.3) is 0 Å². The molecule has 8 aliphatic carbocycles. The molecule has 18 rings (SSSR count). The molecule has 8 aromatic rings. The van der Waals surface area contributed by atoms with Gasteiger partial charge in [0, 0.05) is 69.1 Å². The van der Waals surface area contributed by atoms with Crippen molar-refractivity contribution in [3.05, 3.63) is 286 Å². The van der Waals surface area contributed by atoms with E-state index in [2.05, 4.69) is 111 Å². The summed E-state index contributed by atoms with van der Waals surface area (Å²) in [6.45, 7) is 7.44. The van der Waals surface area contributed by atoms with Gasteiger partial charge >= 0.3 is 0 Å². The summed E-state index contributed by atoms with van der Waals surface area (Å²) in [7, 11) is 5.34. The fourth-order valence-electron chi connectivity index (χ4n) is 21.8. The number of aryl methyl sites for hydroxylation is 2. The number of hydrogen-bond acceptors (Lipinski definition) is 17. The number of ether oxygens (including phenoxy) is 1. The van der Waals surface area contributed by atoms with Crippen molar-refractivity contribution in [1.82, 2.24) is 31.1 Å². The second-order valence-electron chi connectivity index (χ2n) is 37.3. The molecule has 18 heteroatoms. The zero-order valence-electron chi connectivity index (χ0n) is 81.2. The first-order valence-corrected chi connectivity index (χ1v) is 48.6. The number of Topliss-reactive ketones (excluding diaryl/α,β-unsaturated/α-hetero) is 8. The fourth-order valence-corrected chi connectivity index (χ4v) is 21.8. The van der Waals surface area contributed by atoms with Gasteiger partial charge in [0.2, 0.25) is 0 Å². The van der Waals surface area contributed by atoms with Crippen LogP contribution in [0.1, 0.15) is 291 Å². The number of nitrogens with zero attached hydrogens (tertiary/aromatic N) is 2. The van der Waals surface area contributed by atoms with E-state index in [0.717, 1.165) is 213 Å². The van der Waals surface area contributed by atoms with Crippen molar-refractivity contribution in [1.29, 1.82) is 0 Å². The van der Waals surface area contributed by atoms with E-state index in [1.165, 1.54) is 67.3 Å². The Morgan fingerprint density at radius 2 is 0.654 bits per heavy atom. The largest absolute Gasteiger partial charge is 0.383 e. The fraction of sp³-hybridized carbons (Fsp3) is 0.500. The highest BCUT2D eigenvalue weighted by molar-refractivity contribution is 5.95. The predicted octanol–water partition coefficient (Wildman–Crippen LogP) is 20.0. The number of hydrogen-bond donors (Lipinski definition) is 6. The molecule has 0 radical (unpaired) electrons. The second-order valence-corrected chi connectivity index (χ2v) is 37.3. The molecule has 17 nitrogen and oxygen atoms in total. The van der Waals surface area contributed by atoms with Crippen LogP contribution in [0.15, 0.2) is 224 Å². The average molecular weight is 1770 g/mol. The third-order valence-corrected chi connectivity index (χ3v) is 29.4. The summed E-state index contributed by atoms with van der Waals surface area (Å²) < 4.78 is 40.5. The van der Waals surface area contributed by atoms with Gasteiger partial charge in [-0.05, 0) is 252 Å². The van der Waals surface area contributed by atoms with Gasteiger partial charge in [-0.25, -0.2) is 4.39 Å². The topological polar surface area (TPSA) is 252 Å². The summed E-state index contributed by atoms with van der Waals surface area (Å²) in [6.07, 6.45) is 33.3. The Kier molecular flexibility index (Phi) is 36.4. The molecule has 0 unspecified atom stereocenters. The minimum atomic E-state index is -2.32. The van der Waals surface area contributed by atoms with Crippen LogP contribution in [0.25, 0.3) is 0 Å². The van der Waals surface area contributed by atoms with Crippen LogP contribution in [0.5, 0.6) is 0 Å². The zero-order chi connectivity index (χ0) is 95.0. The molecule has 8 saturated carbocycles. The van der Waals surface area contributed by atoms with Crippen LogP contribution in [0.2, 0.25) is 0 Å². The molecule has 8 atom stereocenters. The van der Waals surface area contributed by atoms with Gasteiger partial charge in [0.15, 0.2) is 46.3 Å². The number of rotatable bonds is 17. The highest BCUT2D eigenvalue weighted by Crippen LogP contribution is 2.46.